The van der Waals surface area contributed by atoms with E-state index in [0.29, 0.717) is 18.3 Å². The standard InChI is InChI=1S/C13H20O3/c1-10(2)6-11(8-14)9-16-13-5-3-4-12(15)7-13/h3-5,7,10-11,14-15H,6,8-9H2,1-2H3. The highest BCUT2D eigenvalue weighted by Crippen LogP contribution is 2.19. The number of benzene rings is 1. The molecule has 2 N–H and O–H groups in total. The molecule has 0 bridgehead atoms. The second-order valence-electron chi connectivity index (χ2n) is 4.49. The number of aromatic hydroxyl groups is 1. The number of rotatable bonds is 6. The van der Waals surface area contributed by atoms with Gasteiger partial charge >= 0.3 is 0 Å². The third-order valence-corrected chi connectivity index (χ3v) is 2.37. The third-order valence-electron chi connectivity index (χ3n) is 2.37. The van der Waals surface area contributed by atoms with Crippen molar-refractivity contribution >= 4 is 0 Å². The van der Waals surface area contributed by atoms with Crippen molar-refractivity contribution in [1.82, 2.24) is 0 Å². The second-order valence-corrected chi connectivity index (χ2v) is 4.49. The minimum absolute atomic E-state index is 0.136. The van der Waals surface area contributed by atoms with Gasteiger partial charge in [0, 0.05) is 18.6 Å². The first-order chi connectivity index (χ1) is 7.61. The highest BCUT2D eigenvalue weighted by Gasteiger charge is 2.10. The first-order valence-corrected chi connectivity index (χ1v) is 5.64. The Morgan fingerprint density at radius 3 is 2.62 bits per heavy atom. The van der Waals surface area contributed by atoms with Crippen LogP contribution in [0.1, 0.15) is 20.3 Å². The summed E-state index contributed by atoms with van der Waals surface area (Å²) < 4.78 is 5.52. The Kier molecular flexibility index (Phi) is 5.12. The topological polar surface area (TPSA) is 49.7 Å². The van der Waals surface area contributed by atoms with Crippen molar-refractivity contribution in [2.24, 2.45) is 11.8 Å². The molecule has 3 heteroatoms. The predicted molar refractivity (Wildman–Crippen MR) is 63.6 cm³/mol. The molecule has 0 aliphatic rings. The molecular weight excluding hydrogens is 204 g/mol. The van der Waals surface area contributed by atoms with Gasteiger partial charge in [-0.1, -0.05) is 19.9 Å². The zero-order chi connectivity index (χ0) is 12.0. The van der Waals surface area contributed by atoms with Gasteiger partial charge in [-0.25, -0.2) is 0 Å². The zero-order valence-electron chi connectivity index (χ0n) is 9.89. The van der Waals surface area contributed by atoms with E-state index < -0.39 is 0 Å². The molecule has 16 heavy (non-hydrogen) atoms. The van der Waals surface area contributed by atoms with E-state index in [2.05, 4.69) is 13.8 Å². The Hall–Kier alpha value is -1.22. The molecule has 1 unspecified atom stereocenters. The lowest BCUT2D eigenvalue weighted by Crippen LogP contribution is -2.18. The van der Waals surface area contributed by atoms with Gasteiger partial charge in [-0.3, -0.25) is 0 Å². The molecule has 1 aromatic carbocycles. The van der Waals surface area contributed by atoms with Crippen molar-refractivity contribution in [2.75, 3.05) is 13.2 Å². The summed E-state index contributed by atoms with van der Waals surface area (Å²) >= 11 is 0. The van der Waals surface area contributed by atoms with Crippen molar-refractivity contribution in [2.45, 2.75) is 20.3 Å². The Bertz CT molecular complexity index is 310. The summed E-state index contributed by atoms with van der Waals surface area (Å²) in [6.07, 6.45) is 0.940. The minimum Gasteiger partial charge on any atom is -0.508 e. The van der Waals surface area contributed by atoms with Crippen LogP contribution in [0.2, 0.25) is 0 Å². The maximum absolute atomic E-state index is 9.25. The monoisotopic (exact) mass is 224 g/mol. The molecule has 0 aliphatic heterocycles. The summed E-state index contributed by atoms with van der Waals surface area (Å²) in [6, 6.07) is 6.71. The molecule has 1 rings (SSSR count). The van der Waals surface area contributed by atoms with E-state index in [9.17, 15) is 10.2 Å². The first kappa shape index (κ1) is 12.8. The number of hydrogen-bond donors (Lipinski definition) is 2. The fraction of sp³-hybridized carbons (Fsp3) is 0.538. The Morgan fingerprint density at radius 1 is 1.31 bits per heavy atom. The molecule has 3 nitrogen and oxygen atoms in total. The van der Waals surface area contributed by atoms with E-state index in [1.807, 2.05) is 0 Å². The van der Waals surface area contributed by atoms with E-state index in [0.717, 1.165) is 6.42 Å². The number of phenolic OH excluding ortho intramolecular Hbond substituents is 1. The molecule has 0 aromatic heterocycles. The average Bonchev–Trinajstić information content (AvgIpc) is 2.24. The average molecular weight is 224 g/mol. The fourth-order valence-electron chi connectivity index (χ4n) is 1.65. The lowest BCUT2D eigenvalue weighted by molar-refractivity contribution is 0.145. The van der Waals surface area contributed by atoms with Gasteiger partial charge in [0.15, 0.2) is 0 Å². The summed E-state index contributed by atoms with van der Waals surface area (Å²) in [6.45, 7) is 4.86. The highest BCUT2D eigenvalue weighted by atomic mass is 16.5. The predicted octanol–water partition coefficient (Wildman–Crippen LogP) is 2.43. The van der Waals surface area contributed by atoms with E-state index in [-0.39, 0.29) is 18.3 Å². The highest BCUT2D eigenvalue weighted by molar-refractivity contribution is 5.31. The Balaban J connectivity index is 2.43. The van der Waals surface area contributed by atoms with Crippen molar-refractivity contribution in [3.63, 3.8) is 0 Å². The normalized spacial score (nSPS) is 12.8. The lowest BCUT2D eigenvalue weighted by atomic mass is 9.99. The van der Waals surface area contributed by atoms with Crippen LogP contribution in [0, 0.1) is 11.8 Å². The van der Waals surface area contributed by atoms with Crippen LogP contribution < -0.4 is 4.74 Å². The van der Waals surface area contributed by atoms with Crippen LogP contribution in [-0.4, -0.2) is 23.4 Å². The van der Waals surface area contributed by atoms with Crippen LogP contribution >= 0.6 is 0 Å². The molecule has 0 heterocycles. The van der Waals surface area contributed by atoms with Crippen LogP contribution in [0.15, 0.2) is 24.3 Å². The number of hydrogen-bond acceptors (Lipinski definition) is 3. The molecule has 90 valence electrons. The Labute approximate surface area is 96.7 Å². The molecule has 0 fully saturated rings. The largest absolute Gasteiger partial charge is 0.508 e. The van der Waals surface area contributed by atoms with Gasteiger partial charge in [-0.05, 0) is 24.5 Å². The summed E-state index contributed by atoms with van der Waals surface area (Å²) in [5.41, 5.74) is 0. The summed E-state index contributed by atoms with van der Waals surface area (Å²) in [5, 5.41) is 18.4. The van der Waals surface area contributed by atoms with Crippen LogP contribution in [0.5, 0.6) is 11.5 Å². The molecule has 0 saturated carbocycles. The van der Waals surface area contributed by atoms with Crippen molar-refractivity contribution in [1.29, 1.82) is 0 Å². The second kappa shape index (κ2) is 6.38. The summed E-state index contributed by atoms with van der Waals surface area (Å²) in [7, 11) is 0. The van der Waals surface area contributed by atoms with Crippen molar-refractivity contribution in [3.8, 4) is 11.5 Å². The van der Waals surface area contributed by atoms with E-state index in [4.69, 9.17) is 4.74 Å². The summed E-state index contributed by atoms with van der Waals surface area (Å²) in [4.78, 5) is 0. The molecule has 0 aliphatic carbocycles. The molecule has 0 radical (unpaired) electrons. The number of ether oxygens (including phenoxy) is 1. The van der Waals surface area contributed by atoms with Crippen LogP contribution in [0.25, 0.3) is 0 Å². The number of aliphatic hydroxyl groups excluding tert-OH is 1. The van der Waals surface area contributed by atoms with Gasteiger partial charge in [-0.15, -0.1) is 0 Å². The van der Waals surface area contributed by atoms with Crippen LogP contribution in [0.4, 0.5) is 0 Å². The number of aliphatic hydroxyl groups is 1. The fourth-order valence-corrected chi connectivity index (χ4v) is 1.65. The van der Waals surface area contributed by atoms with Gasteiger partial charge in [0.2, 0.25) is 0 Å². The van der Waals surface area contributed by atoms with Crippen LogP contribution in [0.3, 0.4) is 0 Å². The van der Waals surface area contributed by atoms with E-state index >= 15 is 0 Å². The SMILES string of the molecule is CC(C)CC(CO)COc1cccc(O)c1. The van der Waals surface area contributed by atoms with Crippen molar-refractivity contribution in [3.05, 3.63) is 24.3 Å². The van der Waals surface area contributed by atoms with Gasteiger partial charge in [0.05, 0.1) is 6.61 Å². The first-order valence-electron chi connectivity index (χ1n) is 5.64. The number of phenols is 1. The lowest BCUT2D eigenvalue weighted by Gasteiger charge is -2.17. The van der Waals surface area contributed by atoms with Gasteiger partial charge < -0.3 is 14.9 Å². The van der Waals surface area contributed by atoms with E-state index in [1.54, 1.807) is 24.3 Å². The minimum atomic E-state index is 0.136. The zero-order valence-corrected chi connectivity index (χ0v) is 9.89. The molecule has 1 atom stereocenters. The quantitative estimate of drug-likeness (QED) is 0.780. The van der Waals surface area contributed by atoms with Crippen LogP contribution in [-0.2, 0) is 0 Å². The molecule has 0 spiro atoms. The molecule has 0 saturated heterocycles. The van der Waals surface area contributed by atoms with Gasteiger partial charge in [-0.2, -0.15) is 0 Å². The Morgan fingerprint density at radius 2 is 2.06 bits per heavy atom. The smallest absolute Gasteiger partial charge is 0.122 e. The van der Waals surface area contributed by atoms with E-state index in [1.165, 1.54) is 0 Å². The molecule has 0 amide bonds. The third kappa shape index (κ3) is 4.53. The maximum atomic E-state index is 9.25. The summed E-state index contributed by atoms with van der Waals surface area (Å²) in [5.74, 6) is 1.54. The molecular formula is C13H20O3. The molecule has 1 aromatic rings. The van der Waals surface area contributed by atoms with Gasteiger partial charge in [0.25, 0.3) is 0 Å². The maximum Gasteiger partial charge on any atom is 0.122 e. The van der Waals surface area contributed by atoms with Crippen molar-refractivity contribution < 1.29 is 14.9 Å². The van der Waals surface area contributed by atoms with Gasteiger partial charge in [0.1, 0.15) is 11.5 Å².